The summed E-state index contributed by atoms with van der Waals surface area (Å²) in [5.41, 5.74) is 0.394. The third-order valence-electron chi connectivity index (χ3n) is 5.21. The molecular weight excluding hydrogens is 486 g/mol. The summed E-state index contributed by atoms with van der Waals surface area (Å²) in [7, 11) is -3.67. The van der Waals surface area contributed by atoms with Gasteiger partial charge in [-0.1, -0.05) is 42.5 Å². The van der Waals surface area contributed by atoms with Crippen LogP contribution in [0, 0.1) is 5.82 Å². The predicted molar refractivity (Wildman–Crippen MR) is 124 cm³/mol. The first-order valence-corrected chi connectivity index (χ1v) is 12.4. The highest BCUT2D eigenvalue weighted by atomic mass is 32.2. The van der Waals surface area contributed by atoms with Gasteiger partial charge >= 0.3 is 6.18 Å². The molecule has 1 unspecified atom stereocenters. The molecule has 0 bridgehead atoms. The van der Waals surface area contributed by atoms with Crippen LogP contribution in [0.5, 0.6) is 0 Å². The molecule has 2 aromatic carbocycles. The van der Waals surface area contributed by atoms with E-state index >= 15 is 0 Å². The van der Waals surface area contributed by atoms with Gasteiger partial charge in [0.15, 0.2) is 0 Å². The number of sulfonamides is 1. The molecule has 0 fully saturated rings. The van der Waals surface area contributed by atoms with Crippen LogP contribution in [-0.4, -0.2) is 25.6 Å². The molecule has 0 saturated carbocycles. The lowest BCUT2D eigenvalue weighted by Crippen LogP contribution is -2.28. The van der Waals surface area contributed by atoms with Crippen LogP contribution < -0.4 is 10.0 Å². The Bertz CT molecular complexity index is 1310. The molecule has 11 heteroatoms. The molecule has 35 heavy (non-hydrogen) atoms. The van der Waals surface area contributed by atoms with Gasteiger partial charge in [0, 0.05) is 13.0 Å². The van der Waals surface area contributed by atoms with E-state index in [4.69, 9.17) is 0 Å². The Morgan fingerprint density at radius 2 is 1.74 bits per heavy atom. The van der Waals surface area contributed by atoms with E-state index in [-0.39, 0.29) is 24.3 Å². The fourth-order valence-electron chi connectivity index (χ4n) is 3.36. The van der Waals surface area contributed by atoms with Gasteiger partial charge in [-0.2, -0.15) is 13.2 Å². The maximum atomic E-state index is 14.3. The molecule has 1 aromatic heterocycles. The van der Waals surface area contributed by atoms with Crippen molar-refractivity contribution in [2.45, 2.75) is 32.0 Å². The molecule has 2 N–H and O–H groups in total. The smallest absolute Gasteiger partial charge is 0.351 e. The third kappa shape index (κ3) is 7.25. The largest absolute Gasteiger partial charge is 0.433 e. The highest BCUT2D eigenvalue weighted by molar-refractivity contribution is 7.92. The van der Waals surface area contributed by atoms with Crippen LogP contribution in [0.1, 0.15) is 40.9 Å². The summed E-state index contributed by atoms with van der Waals surface area (Å²) in [4.78, 5) is 16.5. The summed E-state index contributed by atoms with van der Waals surface area (Å²) in [6, 6.07) is 14.7. The van der Waals surface area contributed by atoms with Crippen molar-refractivity contribution in [3.05, 3.63) is 94.6 Å². The van der Waals surface area contributed by atoms with Gasteiger partial charge < -0.3 is 5.32 Å². The Morgan fingerprint density at radius 3 is 2.34 bits per heavy atom. The maximum absolute atomic E-state index is 14.3. The van der Waals surface area contributed by atoms with Gasteiger partial charge in [0.1, 0.15) is 11.5 Å². The molecule has 6 nitrogen and oxygen atoms in total. The Labute approximate surface area is 200 Å². The number of nitrogens with one attached hydrogen (secondary N) is 2. The number of halogens is 4. The number of rotatable bonds is 8. The van der Waals surface area contributed by atoms with E-state index in [9.17, 15) is 30.8 Å². The SMILES string of the molecule is CC(C(=O)NCc1ccc(C(F)(F)F)nc1Cc1ccccc1)c1ccc(NS(C)(=O)=O)c(F)c1. The third-order valence-corrected chi connectivity index (χ3v) is 5.80. The molecule has 0 radical (unpaired) electrons. The van der Waals surface area contributed by atoms with E-state index in [0.29, 0.717) is 11.1 Å². The van der Waals surface area contributed by atoms with Gasteiger partial charge in [0.05, 0.1) is 23.6 Å². The van der Waals surface area contributed by atoms with Gasteiger partial charge in [-0.05, 0) is 41.8 Å². The van der Waals surface area contributed by atoms with Crippen LogP contribution in [0.25, 0.3) is 0 Å². The van der Waals surface area contributed by atoms with Crippen LogP contribution in [0.15, 0.2) is 60.7 Å². The van der Waals surface area contributed by atoms with Crippen molar-refractivity contribution in [3.8, 4) is 0 Å². The molecular formula is C24H23F4N3O3S. The average molecular weight is 510 g/mol. The molecule has 1 heterocycles. The van der Waals surface area contributed by atoms with E-state index in [1.54, 1.807) is 30.3 Å². The average Bonchev–Trinajstić information content (AvgIpc) is 2.78. The van der Waals surface area contributed by atoms with E-state index in [1.807, 2.05) is 4.72 Å². The lowest BCUT2D eigenvalue weighted by molar-refractivity contribution is -0.141. The molecule has 186 valence electrons. The molecule has 0 spiro atoms. The van der Waals surface area contributed by atoms with Crippen molar-refractivity contribution >= 4 is 21.6 Å². The zero-order valence-corrected chi connectivity index (χ0v) is 19.7. The van der Waals surface area contributed by atoms with Crippen molar-refractivity contribution in [2.75, 3.05) is 11.0 Å². The summed E-state index contributed by atoms with van der Waals surface area (Å²) in [5.74, 6) is -2.14. The highest BCUT2D eigenvalue weighted by Crippen LogP contribution is 2.29. The molecule has 1 atom stereocenters. The fraction of sp³-hybridized carbons (Fsp3) is 0.250. The summed E-state index contributed by atoms with van der Waals surface area (Å²) in [5, 5.41) is 2.66. The van der Waals surface area contributed by atoms with E-state index in [1.165, 1.54) is 25.1 Å². The van der Waals surface area contributed by atoms with Crippen molar-refractivity contribution in [1.29, 1.82) is 0 Å². The zero-order chi connectivity index (χ0) is 25.8. The second-order valence-corrected chi connectivity index (χ2v) is 9.76. The second-order valence-electron chi connectivity index (χ2n) is 8.02. The van der Waals surface area contributed by atoms with Gasteiger partial charge in [-0.15, -0.1) is 0 Å². The van der Waals surface area contributed by atoms with Crippen LogP contribution >= 0.6 is 0 Å². The second kappa shape index (κ2) is 10.4. The van der Waals surface area contributed by atoms with Crippen molar-refractivity contribution in [3.63, 3.8) is 0 Å². The molecule has 1 amide bonds. The van der Waals surface area contributed by atoms with Crippen LogP contribution in [0.2, 0.25) is 0 Å². The summed E-state index contributed by atoms with van der Waals surface area (Å²) >= 11 is 0. The van der Waals surface area contributed by atoms with Crippen molar-refractivity contribution < 1.29 is 30.8 Å². The first-order valence-electron chi connectivity index (χ1n) is 10.5. The first kappa shape index (κ1) is 26.1. The normalized spacial score (nSPS) is 12.7. The van der Waals surface area contributed by atoms with Crippen LogP contribution in [0.4, 0.5) is 23.2 Å². The zero-order valence-electron chi connectivity index (χ0n) is 18.9. The minimum Gasteiger partial charge on any atom is -0.351 e. The van der Waals surface area contributed by atoms with Crippen LogP contribution in [0.3, 0.4) is 0 Å². The molecule has 3 aromatic rings. The van der Waals surface area contributed by atoms with Gasteiger partial charge in [-0.25, -0.2) is 17.8 Å². The van der Waals surface area contributed by atoms with Gasteiger partial charge in [0.25, 0.3) is 0 Å². The topological polar surface area (TPSA) is 88.2 Å². The number of nitrogens with zero attached hydrogens (tertiary/aromatic N) is 1. The van der Waals surface area contributed by atoms with Crippen molar-refractivity contribution in [2.24, 2.45) is 0 Å². The maximum Gasteiger partial charge on any atom is 0.433 e. The Hall–Kier alpha value is -3.47. The number of carbonyl (C=O) groups is 1. The Kier molecular flexibility index (Phi) is 7.79. The predicted octanol–water partition coefficient (Wildman–Crippen LogP) is 4.62. The number of benzene rings is 2. The minimum atomic E-state index is -4.61. The number of hydrogen-bond donors (Lipinski definition) is 2. The number of pyridine rings is 1. The number of aromatic nitrogens is 1. The summed E-state index contributed by atoms with van der Waals surface area (Å²) < 4.78 is 78.5. The Balaban J connectivity index is 1.76. The standard InChI is InChI=1S/C24H23F4N3O3S/c1-15(17-8-10-20(19(25)13-17)31-35(2,33)34)23(32)29-14-18-9-11-22(24(26,27)28)30-21(18)12-16-6-4-3-5-7-16/h3-11,13,15,31H,12,14H2,1-2H3,(H,29,32). The minimum absolute atomic E-state index is 0.0767. The van der Waals surface area contributed by atoms with Gasteiger partial charge in [-0.3, -0.25) is 9.52 Å². The van der Waals surface area contributed by atoms with Crippen LogP contribution in [-0.2, 0) is 34.0 Å². The number of amides is 1. The molecule has 0 aliphatic rings. The number of hydrogen-bond acceptors (Lipinski definition) is 4. The quantitative estimate of drug-likeness (QED) is 0.434. The van der Waals surface area contributed by atoms with E-state index in [2.05, 4.69) is 10.3 Å². The molecule has 0 aliphatic heterocycles. The highest BCUT2D eigenvalue weighted by Gasteiger charge is 2.33. The number of anilines is 1. The molecule has 0 aliphatic carbocycles. The van der Waals surface area contributed by atoms with E-state index in [0.717, 1.165) is 24.0 Å². The first-order chi connectivity index (χ1) is 16.3. The molecule has 0 saturated heterocycles. The summed E-state index contributed by atoms with van der Waals surface area (Å²) in [6.07, 6.45) is -3.58. The Morgan fingerprint density at radius 1 is 1.06 bits per heavy atom. The van der Waals surface area contributed by atoms with Gasteiger partial charge in [0.2, 0.25) is 15.9 Å². The molecule has 3 rings (SSSR count). The lowest BCUT2D eigenvalue weighted by atomic mass is 9.99. The number of carbonyl (C=O) groups excluding carboxylic acids is 1. The number of alkyl halides is 3. The van der Waals surface area contributed by atoms with E-state index < -0.39 is 39.5 Å². The van der Waals surface area contributed by atoms with Crippen molar-refractivity contribution in [1.82, 2.24) is 10.3 Å². The summed E-state index contributed by atoms with van der Waals surface area (Å²) in [6.45, 7) is 1.45. The fourth-order valence-corrected chi connectivity index (χ4v) is 3.93. The monoisotopic (exact) mass is 509 g/mol. The lowest BCUT2D eigenvalue weighted by Gasteiger charge is -2.16.